The number of likely N-dealkylation sites (tertiary alicyclic amines) is 1. The summed E-state index contributed by atoms with van der Waals surface area (Å²) in [4.78, 5) is 37.5. The van der Waals surface area contributed by atoms with Crippen LogP contribution in [0.4, 0.5) is 4.79 Å². The molecule has 1 aliphatic heterocycles. The summed E-state index contributed by atoms with van der Waals surface area (Å²) in [5.41, 5.74) is 3.73. The number of carbonyl (C=O) groups excluding carboxylic acids is 3. The number of piperidine rings is 1. The van der Waals surface area contributed by atoms with Gasteiger partial charge in [0.15, 0.2) is 0 Å². The molecule has 0 bridgehead atoms. The molecule has 1 saturated heterocycles. The molecule has 0 spiro atoms. The topological polar surface area (TPSA) is 119 Å². The summed E-state index contributed by atoms with van der Waals surface area (Å²) in [7, 11) is 0. The zero-order chi connectivity index (χ0) is 19.7. The number of rotatable bonds is 2. The van der Waals surface area contributed by atoms with E-state index in [9.17, 15) is 14.4 Å². The number of benzene rings is 1. The van der Waals surface area contributed by atoms with Crippen molar-refractivity contribution < 1.29 is 19.1 Å². The zero-order valence-electron chi connectivity index (χ0n) is 15.6. The molecule has 1 fully saturated rings. The lowest BCUT2D eigenvalue weighted by molar-refractivity contribution is -0.148. The molecule has 0 atom stereocenters. The number of hydrogen-bond donors (Lipinski definition) is 2. The van der Waals surface area contributed by atoms with Crippen LogP contribution in [0, 0.1) is 0 Å². The van der Waals surface area contributed by atoms with Gasteiger partial charge in [-0.05, 0) is 52.7 Å². The zero-order valence-corrected chi connectivity index (χ0v) is 15.6. The summed E-state index contributed by atoms with van der Waals surface area (Å²) in [6.45, 7) is 7.48. The molecule has 2 rings (SSSR count). The Morgan fingerprint density at radius 3 is 2.04 bits per heavy atom. The quantitative estimate of drug-likeness (QED) is 0.357. The molecule has 1 heterocycles. The highest BCUT2D eigenvalue weighted by Crippen LogP contribution is 2.40. The molecule has 3 amide bonds. The third-order valence-corrected chi connectivity index (χ3v) is 4.65. The summed E-state index contributed by atoms with van der Waals surface area (Å²) >= 11 is 0. The van der Waals surface area contributed by atoms with E-state index in [1.807, 2.05) is 33.8 Å². The average molecular weight is 362 g/mol. The van der Waals surface area contributed by atoms with E-state index in [-0.39, 0.29) is 0 Å². The summed E-state index contributed by atoms with van der Waals surface area (Å²) in [5.74, 6) is 4.24. The Bertz CT molecular complexity index is 684. The van der Waals surface area contributed by atoms with Crippen LogP contribution in [-0.2, 0) is 9.59 Å². The molecule has 0 aromatic heterocycles. The SMILES string of the molecule is CC1(C)CC(N(N)C(=O)C(N)=O)CC(C)(C)N1C(=O)Oc1ccccc1. The minimum atomic E-state index is -1.10. The number of nitrogens with two attached hydrogens (primary N) is 2. The summed E-state index contributed by atoms with van der Waals surface area (Å²) in [6, 6.07) is 8.39. The van der Waals surface area contributed by atoms with E-state index in [1.54, 1.807) is 29.2 Å². The van der Waals surface area contributed by atoms with Gasteiger partial charge in [0.05, 0.1) is 6.04 Å². The van der Waals surface area contributed by atoms with Gasteiger partial charge in [0.1, 0.15) is 5.75 Å². The minimum Gasteiger partial charge on any atom is -0.410 e. The maximum atomic E-state index is 12.8. The van der Waals surface area contributed by atoms with Gasteiger partial charge in [0.2, 0.25) is 0 Å². The molecule has 1 aromatic rings. The van der Waals surface area contributed by atoms with Crippen LogP contribution in [0.5, 0.6) is 5.75 Å². The molecular weight excluding hydrogens is 336 g/mol. The van der Waals surface area contributed by atoms with E-state index in [4.69, 9.17) is 16.3 Å². The van der Waals surface area contributed by atoms with Gasteiger partial charge in [-0.3, -0.25) is 19.5 Å². The molecule has 0 saturated carbocycles. The van der Waals surface area contributed by atoms with Crippen LogP contribution in [0.3, 0.4) is 0 Å². The summed E-state index contributed by atoms with van der Waals surface area (Å²) < 4.78 is 5.51. The molecular formula is C18H26N4O4. The fraction of sp³-hybridized carbons (Fsp3) is 0.500. The van der Waals surface area contributed by atoms with Crippen molar-refractivity contribution in [2.24, 2.45) is 11.6 Å². The van der Waals surface area contributed by atoms with Crippen molar-refractivity contribution in [3.8, 4) is 5.75 Å². The fourth-order valence-corrected chi connectivity index (χ4v) is 3.85. The molecule has 4 N–H and O–H groups in total. The normalized spacial score (nSPS) is 18.9. The van der Waals surface area contributed by atoms with Gasteiger partial charge in [-0.25, -0.2) is 10.6 Å². The monoisotopic (exact) mass is 362 g/mol. The summed E-state index contributed by atoms with van der Waals surface area (Å²) in [5, 5.41) is 0.881. The number of carbonyl (C=O) groups is 3. The van der Waals surface area contributed by atoms with E-state index in [2.05, 4.69) is 0 Å². The lowest BCUT2D eigenvalue weighted by Crippen LogP contribution is -2.68. The van der Waals surface area contributed by atoms with Crippen LogP contribution in [0.1, 0.15) is 40.5 Å². The molecule has 1 aromatic carbocycles. The predicted octanol–water partition coefficient (Wildman–Crippen LogP) is 1.39. The van der Waals surface area contributed by atoms with E-state index < -0.39 is 35.0 Å². The Morgan fingerprint density at radius 1 is 1.08 bits per heavy atom. The number of ether oxygens (including phenoxy) is 1. The van der Waals surface area contributed by atoms with Crippen LogP contribution < -0.4 is 16.3 Å². The number of amides is 3. The van der Waals surface area contributed by atoms with Crippen LogP contribution in [0.2, 0.25) is 0 Å². The number of hydrazine groups is 1. The van der Waals surface area contributed by atoms with E-state index in [0.717, 1.165) is 5.01 Å². The molecule has 8 heteroatoms. The molecule has 26 heavy (non-hydrogen) atoms. The lowest BCUT2D eigenvalue weighted by Gasteiger charge is -2.55. The maximum Gasteiger partial charge on any atom is 0.416 e. The first-order valence-electron chi connectivity index (χ1n) is 8.40. The third kappa shape index (κ3) is 3.96. The largest absolute Gasteiger partial charge is 0.416 e. The maximum absolute atomic E-state index is 12.8. The first kappa shape index (κ1) is 19.7. The van der Waals surface area contributed by atoms with E-state index >= 15 is 0 Å². The van der Waals surface area contributed by atoms with Crippen molar-refractivity contribution in [1.82, 2.24) is 9.91 Å². The van der Waals surface area contributed by atoms with Crippen molar-refractivity contribution in [3.63, 3.8) is 0 Å². The Hall–Kier alpha value is -2.61. The molecule has 8 nitrogen and oxygen atoms in total. The van der Waals surface area contributed by atoms with Crippen LogP contribution in [0.15, 0.2) is 30.3 Å². The number of hydrogen-bond acceptors (Lipinski definition) is 5. The van der Waals surface area contributed by atoms with Crippen molar-refractivity contribution in [2.45, 2.75) is 57.7 Å². The van der Waals surface area contributed by atoms with Gasteiger partial charge >= 0.3 is 17.9 Å². The van der Waals surface area contributed by atoms with Gasteiger partial charge < -0.3 is 10.5 Å². The second-order valence-electron chi connectivity index (χ2n) is 7.78. The Labute approximate surface area is 153 Å². The minimum absolute atomic E-state index is 0.385. The van der Waals surface area contributed by atoms with Crippen LogP contribution in [-0.4, -0.2) is 44.9 Å². The van der Waals surface area contributed by atoms with Gasteiger partial charge in [0.25, 0.3) is 0 Å². The Balaban J connectivity index is 2.23. The number of para-hydroxylation sites is 1. The second kappa shape index (κ2) is 6.95. The highest BCUT2D eigenvalue weighted by atomic mass is 16.6. The molecule has 142 valence electrons. The van der Waals surface area contributed by atoms with Crippen LogP contribution >= 0.6 is 0 Å². The van der Waals surface area contributed by atoms with Crippen molar-refractivity contribution in [3.05, 3.63) is 30.3 Å². The van der Waals surface area contributed by atoms with E-state index in [1.165, 1.54) is 0 Å². The number of primary amides is 1. The third-order valence-electron chi connectivity index (χ3n) is 4.65. The Kier molecular flexibility index (Phi) is 5.27. The standard InChI is InChI=1S/C18H26N4O4/c1-17(2)10-12(21(20)15(24)14(19)23)11-18(3,4)22(17)16(25)26-13-8-6-5-7-9-13/h5-9,12H,10-11,20H2,1-4H3,(H2,19,23). The van der Waals surface area contributed by atoms with Crippen molar-refractivity contribution in [2.75, 3.05) is 0 Å². The van der Waals surface area contributed by atoms with E-state index in [0.29, 0.717) is 18.6 Å². The van der Waals surface area contributed by atoms with Gasteiger partial charge in [-0.2, -0.15) is 0 Å². The lowest BCUT2D eigenvalue weighted by atomic mass is 9.77. The highest BCUT2D eigenvalue weighted by Gasteiger charge is 2.50. The molecule has 0 unspecified atom stereocenters. The Morgan fingerprint density at radius 2 is 1.58 bits per heavy atom. The smallest absolute Gasteiger partial charge is 0.410 e. The van der Waals surface area contributed by atoms with Crippen LogP contribution in [0.25, 0.3) is 0 Å². The van der Waals surface area contributed by atoms with Gasteiger partial charge in [-0.1, -0.05) is 18.2 Å². The number of nitrogens with zero attached hydrogens (tertiary/aromatic N) is 2. The predicted molar refractivity (Wildman–Crippen MR) is 95.7 cm³/mol. The molecule has 0 radical (unpaired) electrons. The summed E-state index contributed by atoms with van der Waals surface area (Å²) in [6.07, 6.45) is 0.292. The first-order valence-corrected chi connectivity index (χ1v) is 8.40. The molecule has 1 aliphatic rings. The van der Waals surface area contributed by atoms with Crippen molar-refractivity contribution >= 4 is 17.9 Å². The average Bonchev–Trinajstić information content (AvgIpc) is 2.51. The highest BCUT2D eigenvalue weighted by molar-refractivity contribution is 6.34. The fourth-order valence-electron chi connectivity index (χ4n) is 3.85. The van der Waals surface area contributed by atoms with Crippen molar-refractivity contribution in [1.29, 1.82) is 0 Å². The van der Waals surface area contributed by atoms with Gasteiger partial charge in [-0.15, -0.1) is 0 Å². The molecule has 0 aliphatic carbocycles. The first-order chi connectivity index (χ1) is 12.0. The second-order valence-corrected chi connectivity index (χ2v) is 7.78. The van der Waals surface area contributed by atoms with Gasteiger partial charge in [0, 0.05) is 11.1 Å².